The molecule has 1 aromatic rings. The molecule has 15 heavy (non-hydrogen) atoms. The zero-order chi connectivity index (χ0) is 11.3. The molecule has 0 N–H and O–H groups in total. The van der Waals surface area contributed by atoms with Crippen LogP contribution < -0.4 is 0 Å². The summed E-state index contributed by atoms with van der Waals surface area (Å²) in [5.74, 6) is 1.31. The van der Waals surface area contributed by atoms with Gasteiger partial charge in [0, 0.05) is 6.54 Å². The Balaban J connectivity index is 2.68. The topological polar surface area (TPSA) is 47.8 Å². The lowest BCUT2D eigenvalue weighted by molar-refractivity contribution is -0.114. The van der Waals surface area contributed by atoms with E-state index in [0.717, 1.165) is 12.4 Å². The summed E-state index contributed by atoms with van der Waals surface area (Å²) in [7, 11) is 0. The Kier molecular flexibility index (Phi) is 4.21. The molecule has 1 aromatic heterocycles. The molecule has 0 aliphatic heterocycles. The maximum Gasteiger partial charge on any atom is 0.162 e. The lowest BCUT2D eigenvalue weighted by atomic mass is 10.2. The SMILES string of the molecule is C/C=C/C(=O)Cc1ncnn1CC(C)C. The van der Waals surface area contributed by atoms with E-state index in [1.165, 1.54) is 6.33 Å². The van der Waals surface area contributed by atoms with Crippen molar-refractivity contribution in [1.29, 1.82) is 0 Å². The summed E-state index contributed by atoms with van der Waals surface area (Å²) in [6.07, 6.45) is 5.14. The number of carbonyl (C=O) groups excluding carboxylic acids is 1. The Labute approximate surface area is 90.0 Å². The van der Waals surface area contributed by atoms with Crippen LogP contribution in [0.4, 0.5) is 0 Å². The average Bonchev–Trinajstić information content (AvgIpc) is 2.52. The van der Waals surface area contributed by atoms with Crippen LogP contribution in [0.5, 0.6) is 0 Å². The van der Waals surface area contributed by atoms with Crippen molar-refractivity contribution >= 4 is 5.78 Å². The third-order valence-electron chi connectivity index (χ3n) is 1.92. The first-order valence-corrected chi connectivity index (χ1v) is 5.15. The molecule has 4 heteroatoms. The largest absolute Gasteiger partial charge is 0.294 e. The fourth-order valence-electron chi connectivity index (χ4n) is 1.32. The molecule has 0 saturated heterocycles. The first-order valence-electron chi connectivity index (χ1n) is 5.15. The minimum absolute atomic E-state index is 0.0653. The average molecular weight is 207 g/mol. The molecule has 0 bridgehead atoms. The van der Waals surface area contributed by atoms with Gasteiger partial charge in [0.1, 0.15) is 12.2 Å². The summed E-state index contributed by atoms with van der Waals surface area (Å²) in [6.45, 7) is 6.85. The van der Waals surface area contributed by atoms with E-state index in [2.05, 4.69) is 23.9 Å². The standard InChI is InChI=1S/C11H17N3O/c1-4-5-10(15)6-11-12-8-13-14(11)7-9(2)3/h4-5,8-9H,6-7H2,1-3H3/b5-4+. The van der Waals surface area contributed by atoms with Crippen molar-refractivity contribution in [2.45, 2.75) is 33.7 Å². The Morgan fingerprint density at radius 3 is 2.93 bits per heavy atom. The van der Waals surface area contributed by atoms with Gasteiger partial charge in [0.2, 0.25) is 0 Å². The maximum atomic E-state index is 11.4. The van der Waals surface area contributed by atoms with Crippen LogP contribution in [0, 0.1) is 5.92 Å². The molecule has 82 valence electrons. The normalized spacial score (nSPS) is 11.5. The Morgan fingerprint density at radius 1 is 1.60 bits per heavy atom. The lowest BCUT2D eigenvalue weighted by Crippen LogP contribution is -2.13. The van der Waals surface area contributed by atoms with E-state index in [0.29, 0.717) is 12.3 Å². The van der Waals surface area contributed by atoms with Gasteiger partial charge in [0.05, 0.1) is 6.42 Å². The lowest BCUT2D eigenvalue weighted by Gasteiger charge is -2.06. The summed E-state index contributed by atoms with van der Waals surface area (Å²) in [4.78, 5) is 15.5. The molecule has 1 rings (SSSR count). The highest BCUT2D eigenvalue weighted by Crippen LogP contribution is 2.02. The van der Waals surface area contributed by atoms with Crippen LogP contribution in [0.15, 0.2) is 18.5 Å². The van der Waals surface area contributed by atoms with Crippen molar-refractivity contribution in [2.75, 3.05) is 0 Å². The number of allylic oxidation sites excluding steroid dienone is 2. The van der Waals surface area contributed by atoms with Crippen molar-refractivity contribution < 1.29 is 4.79 Å². The van der Waals surface area contributed by atoms with E-state index in [1.54, 1.807) is 16.8 Å². The number of ketones is 1. The van der Waals surface area contributed by atoms with Crippen LogP contribution in [0.2, 0.25) is 0 Å². The van der Waals surface area contributed by atoms with Crippen LogP contribution in [-0.4, -0.2) is 20.5 Å². The molecule has 0 radical (unpaired) electrons. The van der Waals surface area contributed by atoms with E-state index < -0.39 is 0 Å². The minimum atomic E-state index is 0.0653. The van der Waals surface area contributed by atoms with Gasteiger partial charge in [0.15, 0.2) is 5.78 Å². The van der Waals surface area contributed by atoms with Crippen LogP contribution >= 0.6 is 0 Å². The number of nitrogens with zero attached hydrogens (tertiary/aromatic N) is 3. The van der Waals surface area contributed by atoms with Gasteiger partial charge in [-0.15, -0.1) is 0 Å². The Morgan fingerprint density at radius 2 is 2.33 bits per heavy atom. The van der Waals surface area contributed by atoms with Gasteiger partial charge < -0.3 is 0 Å². The predicted molar refractivity (Wildman–Crippen MR) is 58.4 cm³/mol. The molecule has 1 heterocycles. The maximum absolute atomic E-state index is 11.4. The highest BCUT2D eigenvalue weighted by atomic mass is 16.1. The van der Waals surface area contributed by atoms with Crippen LogP contribution in [0.25, 0.3) is 0 Å². The van der Waals surface area contributed by atoms with Crippen LogP contribution in [0.3, 0.4) is 0 Å². The smallest absolute Gasteiger partial charge is 0.162 e. The molecule has 0 aliphatic carbocycles. The van der Waals surface area contributed by atoms with Gasteiger partial charge in [-0.2, -0.15) is 5.10 Å². The second-order valence-corrected chi connectivity index (χ2v) is 3.90. The van der Waals surface area contributed by atoms with E-state index >= 15 is 0 Å². The van der Waals surface area contributed by atoms with Crippen molar-refractivity contribution in [2.24, 2.45) is 5.92 Å². The van der Waals surface area contributed by atoms with E-state index in [-0.39, 0.29) is 5.78 Å². The van der Waals surface area contributed by atoms with Crippen molar-refractivity contribution in [3.63, 3.8) is 0 Å². The fraction of sp³-hybridized carbons (Fsp3) is 0.545. The van der Waals surface area contributed by atoms with E-state index in [4.69, 9.17) is 0 Å². The molecule has 0 spiro atoms. The van der Waals surface area contributed by atoms with Gasteiger partial charge in [-0.3, -0.25) is 4.79 Å². The van der Waals surface area contributed by atoms with Crippen molar-refractivity contribution in [1.82, 2.24) is 14.8 Å². The monoisotopic (exact) mass is 207 g/mol. The molecule has 4 nitrogen and oxygen atoms in total. The van der Waals surface area contributed by atoms with Crippen molar-refractivity contribution in [3.05, 3.63) is 24.3 Å². The van der Waals surface area contributed by atoms with Gasteiger partial charge in [-0.1, -0.05) is 19.9 Å². The summed E-state index contributed by atoms with van der Waals surface area (Å²) >= 11 is 0. The first kappa shape index (κ1) is 11.6. The summed E-state index contributed by atoms with van der Waals surface area (Å²) in [5, 5.41) is 4.10. The summed E-state index contributed by atoms with van der Waals surface area (Å²) in [6, 6.07) is 0. The molecule has 0 aromatic carbocycles. The first-order chi connectivity index (χ1) is 7.13. The van der Waals surface area contributed by atoms with Crippen molar-refractivity contribution in [3.8, 4) is 0 Å². The number of hydrogen-bond acceptors (Lipinski definition) is 3. The van der Waals surface area contributed by atoms with Gasteiger partial charge in [0.25, 0.3) is 0 Å². The molecule has 0 unspecified atom stereocenters. The highest BCUT2D eigenvalue weighted by Gasteiger charge is 2.08. The number of carbonyl (C=O) groups is 1. The predicted octanol–water partition coefficient (Wildman–Crippen LogP) is 1.62. The van der Waals surface area contributed by atoms with Gasteiger partial charge in [-0.05, 0) is 18.9 Å². The quantitative estimate of drug-likeness (QED) is 0.689. The molecule has 0 saturated carbocycles. The molecule has 0 fully saturated rings. The third-order valence-corrected chi connectivity index (χ3v) is 1.92. The Bertz CT molecular complexity index is 352. The molecule has 0 aliphatic rings. The molecule has 0 atom stereocenters. The number of aromatic nitrogens is 3. The van der Waals surface area contributed by atoms with Gasteiger partial charge >= 0.3 is 0 Å². The van der Waals surface area contributed by atoms with Crippen LogP contribution in [0.1, 0.15) is 26.6 Å². The second-order valence-electron chi connectivity index (χ2n) is 3.90. The fourth-order valence-corrected chi connectivity index (χ4v) is 1.32. The van der Waals surface area contributed by atoms with Gasteiger partial charge in [-0.25, -0.2) is 9.67 Å². The zero-order valence-corrected chi connectivity index (χ0v) is 9.47. The third kappa shape index (κ3) is 3.65. The highest BCUT2D eigenvalue weighted by molar-refractivity contribution is 5.90. The molecular weight excluding hydrogens is 190 g/mol. The van der Waals surface area contributed by atoms with Crippen LogP contribution in [-0.2, 0) is 17.8 Å². The number of hydrogen-bond donors (Lipinski definition) is 0. The van der Waals surface area contributed by atoms with E-state index in [1.807, 2.05) is 6.92 Å². The number of rotatable bonds is 5. The Hall–Kier alpha value is -1.45. The zero-order valence-electron chi connectivity index (χ0n) is 9.47. The molecular formula is C11H17N3O. The molecule has 0 amide bonds. The summed E-state index contributed by atoms with van der Waals surface area (Å²) in [5.41, 5.74) is 0. The van der Waals surface area contributed by atoms with E-state index in [9.17, 15) is 4.79 Å². The summed E-state index contributed by atoms with van der Waals surface area (Å²) < 4.78 is 1.80. The minimum Gasteiger partial charge on any atom is -0.294 e. The second kappa shape index (κ2) is 5.44.